The Balaban J connectivity index is 1.41. The summed E-state index contributed by atoms with van der Waals surface area (Å²) < 4.78 is 0. The first-order valence-electron chi connectivity index (χ1n) is 13.5. The maximum Gasteiger partial charge on any atom is 0.405 e. The lowest BCUT2D eigenvalue weighted by Crippen LogP contribution is -2.52. The first-order chi connectivity index (χ1) is 19.1. The molecule has 8 nitrogen and oxygen atoms in total. The van der Waals surface area contributed by atoms with Crippen LogP contribution in [0.15, 0.2) is 67.0 Å². The minimum absolute atomic E-state index is 0.0109. The number of hydrogen-bond acceptors (Lipinski definition) is 4. The standard InChI is InChI=1S/C31H34ClN5O3/c1-20-18-33-28-26(20)27(25(19-34-28)21-7-5-4-6-8-21)36-13-15-37(16-14-36)29(38)24(17-31(2,3)35-30(39)40)22-9-11-23(32)12-10-22/h4-12,18-19,24,35H,13-17H2,1-3H3,(H,33,34)(H,39,40). The summed E-state index contributed by atoms with van der Waals surface area (Å²) >= 11 is 6.12. The van der Waals surface area contributed by atoms with Gasteiger partial charge in [-0.1, -0.05) is 54.1 Å². The minimum atomic E-state index is -1.11. The Morgan fingerprint density at radius 2 is 1.75 bits per heavy atom. The Bertz CT molecular complexity index is 1510. The number of nitrogens with one attached hydrogen (secondary N) is 2. The van der Waals surface area contributed by atoms with Crippen LogP contribution in [-0.2, 0) is 4.79 Å². The average Bonchev–Trinajstić information content (AvgIpc) is 3.32. The second kappa shape index (κ2) is 11.2. The van der Waals surface area contributed by atoms with E-state index >= 15 is 0 Å². The molecule has 0 aliphatic carbocycles. The molecule has 1 atom stereocenters. The van der Waals surface area contributed by atoms with Crippen molar-refractivity contribution in [2.24, 2.45) is 0 Å². The zero-order chi connectivity index (χ0) is 28.4. The Morgan fingerprint density at radius 1 is 1.07 bits per heavy atom. The van der Waals surface area contributed by atoms with Crippen molar-refractivity contribution in [1.29, 1.82) is 0 Å². The highest BCUT2D eigenvalue weighted by atomic mass is 35.5. The van der Waals surface area contributed by atoms with Crippen LogP contribution in [0.25, 0.3) is 22.2 Å². The van der Waals surface area contributed by atoms with Crippen LogP contribution in [-0.4, -0.2) is 63.7 Å². The lowest BCUT2D eigenvalue weighted by Gasteiger charge is -2.39. The molecule has 208 valence electrons. The number of anilines is 1. The molecule has 40 heavy (non-hydrogen) atoms. The third-order valence-electron chi connectivity index (χ3n) is 7.59. The molecular formula is C31H34ClN5O3. The van der Waals surface area contributed by atoms with Crippen molar-refractivity contribution in [1.82, 2.24) is 20.2 Å². The fraction of sp³-hybridized carbons (Fsp3) is 0.323. The number of hydrogen-bond donors (Lipinski definition) is 3. The second-order valence-corrected chi connectivity index (χ2v) is 11.5. The highest BCUT2D eigenvalue weighted by molar-refractivity contribution is 6.30. The molecule has 2 amide bonds. The molecule has 1 aliphatic heterocycles. The Labute approximate surface area is 239 Å². The van der Waals surface area contributed by atoms with Crippen molar-refractivity contribution in [2.45, 2.75) is 38.6 Å². The number of pyridine rings is 1. The van der Waals surface area contributed by atoms with Crippen LogP contribution < -0.4 is 10.2 Å². The summed E-state index contributed by atoms with van der Waals surface area (Å²) in [5.74, 6) is -0.520. The van der Waals surface area contributed by atoms with E-state index in [1.807, 2.05) is 47.6 Å². The summed E-state index contributed by atoms with van der Waals surface area (Å²) in [7, 11) is 0. The molecule has 1 saturated heterocycles. The van der Waals surface area contributed by atoms with Gasteiger partial charge in [-0.05, 0) is 56.0 Å². The minimum Gasteiger partial charge on any atom is -0.465 e. The van der Waals surface area contributed by atoms with Gasteiger partial charge in [0.2, 0.25) is 5.91 Å². The first-order valence-corrected chi connectivity index (χ1v) is 13.8. The normalized spacial score (nSPS) is 14.8. The van der Waals surface area contributed by atoms with Crippen LogP contribution in [0.2, 0.25) is 5.02 Å². The van der Waals surface area contributed by atoms with Gasteiger partial charge in [-0.2, -0.15) is 0 Å². The summed E-state index contributed by atoms with van der Waals surface area (Å²) in [5.41, 5.74) is 5.29. The Morgan fingerprint density at radius 3 is 2.40 bits per heavy atom. The number of aryl methyl sites for hydroxylation is 1. The van der Waals surface area contributed by atoms with Crippen LogP contribution >= 0.6 is 11.6 Å². The number of rotatable bonds is 7. The number of nitrogens with zero attached hydrogens (tertiary/aromatic N) is 3. The fourth-order valence-corrected chi connectivity index (χ4v) is 5.78. The smallest absolute Gasteiger partial charge is 0.405 e. The summed E-state index contributed by atoms with van der Waals surface area (Å²) in [6, 6.07) is 17.5. The molecule has 5 rings (SSSR count). The third kappa shape index (κ3) is 5.77. The molecular weight excluding hydrogens is 526 g/mol. The molecule has 1 aliphatic rings. The van der Waals surface area contributed by atoms with E-state index in [1.54, 1.807) is 26.0 Å². The molecule has 0 bridgehead atoms. The van der Waals surface area contributed by atoms with Crippen molar-refractivity contribution >= 4 is 40.3 Å². The van der Waals surface area contributed by atoms with Crippen molar-refractivity contribution in [3.8, 4) is 11.1 Å². The van der Waals surface area contributed by atoms with Crippen molar-refractivity contribution in [2.75, 3.05) is 31.1 Å². The SMILES string of the molecule is Cc1c[nH]c2ncc(-c3ccccc3)c(N3CCN(C(=O)C(CC(C)(C)NC(=O)O)c4ccc(Cl)cc4)CC3)c12. The predicted molar refractivity (Wildman–Crippen MR) is 159 cm³/mol. The van der Waals surface area contributed by atoms with Crippen LogP contribution in [0.5, 0.6) is 0 Å². The lowest BCUT2D eigenvalue weighted by atomic mass is 9.84. The molecule has 3 heterocycles. The van der Waals surface area contributed by atoms with Crippen LogP contribution in [0, 0.1) is 6.92 Å². The highest BCUT2D eigenvalue weighted by Crippen LogP contribution is 2.39. The molecule has 1 fully saturated rings. The number of aromatic nitrogens is 2. The third-order valence-corrected chi connectivity index (χ3v) is 7.85. The van der Waals surface area contributed by atoms with E-state index in [9.17, 15) is 14.7 Å². The largest absolute Gasteiger partial charge is 0.465 e. The van der Waals surface area contributed by atoms with E-state index in [4.69, 9.17) is 16.6 Å². The summed E-state index contributed by atoms with van der Waals surface area (Å²) in [6.07, 6.45) is 3.12. The Hall–Kier alpha value is -4.04. The molecule has 2 aromatic heterocycles. The van der Waals surface area contributed by atoms with E-state index in [2.05, 4.69) is 34.3 Å². The van der Waals surface area contributed by atoms with Gasteiger partial charge < -0.3 is 25.2 Å². The van der Waals surface area contributed by atoms with Gasteiger partial charge in [0, 0.05) is 60.1 Å². The number of H-pyrrole nitrogens is 1. The number of fused-ring (bicyclic) bond motifs is 1. The molecule has 0 saturated carbocycles. The number of benzene rings is 2. The highest BCUT2D eigenvalue weighted by Gasteiger charge is 2.35. The predicted octanol–water partition coefficient (Wildman–Crippen LogP) is 6.06. The van der Waals surface area contributed by atoms with Gasteiger partial charge in [-0.25, -0.2) is 9.78 Å². The van der Waals surface area contributed by atoms with Crippen LogP contribution in [0.1, 0.15) is 37.3 Å². The van der Waals surface area contributed by atoms with Gasteiger partial charge in [0.15, 0.2) is 0 Å². The summed E-state index contributed by atoms with van der Waals surface area (Å²) in [6.45, 7) is 8.12. The van der Waals surface area contributed by atoms with E-state index < -0.39 is 17.6 Å². The maximum atomic E-state index is 14.0. The molecule has 1 unspecified atom stereocenters. The van der Waals surface area contributed by atoms with Crippen molar-refractivity contribution in [3.63, 3.8) is 0 Å². The summed E-state index contributed by atoms with van der Waals surface area (Å²) in [4.78, 5) is 37.6. The maximum absolute atomic E-state index is 14.0. The van der Waals surface area contributed by atoms with Gasteiger partial charge in [-0.15, -0.1) is 0 Å². The number of piperazine rings is 1. The van der Waals surface area contributed by atoms with E-state index in [0.717, 1.165) is 39.0 Å². The van der Waals surface area contributed by atoms with Gasteiger partial charge in [0.25, 0.3) is 0 Å². The Kier molecular flexibility index (Phi) is 7.72. The molecule has 2 aromatic carbocycles. The molecule has 4 aromatic rings. The van der Waals surface area contributed by atoms with Gasteiger partial charge in [0.1, 0.15) is 5.65 Å². The lowest BCUT2D eigenvalue weighted by molar-refractivity contribution is -0.133. The first kappa shape index (κ1) is 27.5. The van der Waals surface area contributed by atoms with Gasteiger partial charge >= 0.3 is 6.09 Å². The zero-order valence-corrected chi connectivity index (χ0v) is 23.7. The molecule has 0 spiro atoms. The topological polar surface area (TPSA) is 102 Å². The molecule has 9 heteroatoms. The number of amides is 2. The van der Waals surface area contributed by atoms with E-state index in [0.29, 0.717) is 37.6 Å². The number of halogens is 1. The monoisotopic (exact) mass is 559 g/mol. The van der Waals surface area contributed by atoms with Crippen molar-refractivity contribution < 1.29 is 14.7 Å². The molecule has 3 N–H and O–H groups in total. The van der Waals surface area contributed by atoms with E-state index in [1.165, 1.54) is 0 Å². The van der Waals surface area contributed by atoms with Gasteiger partial charge in [0.05, 0.1) is 11.6 Å². The average molecular weight is 560 g/mol. The zero-order valence-electron chi connectivity index (χ0n) is 22.9. The van der Waals surface area contributed by atoms with Crippen LogP contribution in [0.3, 0.4) is 0 Å². The number of carbonyl (C=O) groups excluding carboxylic acids is 1. The second-order valence-electron chi connectivity index (χ2n) is 11.0. The van der Waals surface area contributed by atoms with Crippen LogP contribution in [0.4, 0.5) is 10.5 Å². The van der Waals surface area contributed by atoms with Gasteiger partial charge in [-0.3, -0.25) is 4.79 Å². The number of carbonyl (C=O) groups is 2. The number of aromatic amines is 1. The fourth-order valence-electron chi connectivity index (χ4n) is 5.66. The molecule has 0 radical (unpaired) electrons. The van der Waals surface area contributed by atoms with E-state index in [-0.39, 0.29) is 5.91 Å². The van der Waals surface area contributed by atoms with Crippen molar-refractivity contribution in [3.05, 3.63) is 83.1 Å². The number of carboxylic acid groups (broad SMARTS) is 1. The quantitative estimate of drug-likeness (QED) is 0.255. The summed E-state index contributed by atoms with van der Waals surface area (Å²) in [5, 5.41) is 13.6.